The van der Waals surface area contributed by atoms with Crippen molar-refractivity contribution in [3.05, 3.63) is 29.3 Å². The van der Waals surface area contributed by atoms with Crippen LogP contribution in [0.15, 0.2) is 18.2 Å². The molecule has 0 N–H and O–H groups in total. The van der Waals surface area contributed by atoms with Crippen LogP contribution in [0.1, 0.15) is 11.1 Å². The van der Waals surface area contributed by atoms with Gasteiger partial charge in [-0.1, -0.05) is 6.07 Å². The SMILES string of the molecule is COC(=O)CSCc1ccc(OC)c(C#N)c1. The molecule has 0 atom stereocenters. The molecule has 0 heterocycles. The van der Waals surface area contributed by atoms with Gasteiger partial charge < -0.3 is 9.47 Å². The Morgan fingerprint density at radius 1 is 1.47 bits per heavy atom. The van der Waals surface area contributed by atoms with Crippen molar-refractivity contribution in [3.8, 4) is 11.8 Å². The number of hydrogen-bond donors (Lipinski definition) is 0. The summed E-state index contributed by atoms with van der Waals surface area (Å²) in [6, 6.07) is 7.47. The van der Waals surface area contributed by atoms with Gasteiger partial charge >= 0.3 is 5.97 Å². The molecular weight excluding hydrogens is 238 g/mol. The molecule has 1 aromatic rings. The summed E-state index contributed by atoms with van der Waals surface area (Å²) in [5.41, 5.74) is 1.49. The van der Waals surface area contributed by atoms with Crippen molar-refractivity contribution in [1.29, 1.82) is 5.26 Å². The fourth-order valence-corrected chi connectivity index (χ4v) is 2.05. The van der Waals surface area contributed by atoms with Crippen LogP contribution in [0.2, 0.25) is 0 Å². The van der Waals surface area contributed by atoms with Gasteiger partial charge in [-0.2, -0.15) is 5.26 Å². The van der Waals surface area contributed by atoms with Crippen LogP contribution < -0.4 is 4.74 Å². The third-order valence-corrected chi connectivity index (χ3v) is 3.08. The molecule has 0 saturated heterocycles. The van der Waals surface area contributed by atoms with Gasteiger partial charge in [-0.25, -0.2) is 0 Å². The second-order valence-corrected chi connectivity index (χ2v) is 4.20. The minimum atomic E-state index is -0.246. The van der Waals surface area contributed by atoms with Crippen LogP contribution in [0.3, 0.4) is 0 Å². The lowest BCUT2D eigenvalue weighted by atomic mass is 10.1. The third-order valence-electron chi connectivity index (χ3n) is 2.10. The number of thioether (sulfide) groups is 1. The van der Waals surface area contributed by atoms with E-state index in [-0.39, 0.29) is 5.97 Å². The number of methoxy groups -OCH3 is 2. The smallest absolute Gasteiger partial charge is 0.315 e. The molecule has 1 aromatic carbocycles. The van der Waals surface area contributed by atoms with Crippen LogP contribution in [-0.4, -0.2) is 25.9 Å². The monoisotopic (exact) mass is 251 g/mol. The highest BCUT2D eigenvalue weighted by Crippen LogP contribution is 2.21. The van der Waals surface area contributed by atoms with Crippen LogP contribution in [0.5, 0.6) is 5.75 Å². The topological polar surface area (TPSA) is 59.3 Å². The number of carbonyl (C=O) groups excluding carboxylic acids is 1. The van der Waals surface area contributed by atoms with Crippen molar-refractivity contribution < 1.29 is 14.3 Å². The second-order valence-electron chi connectivity index (χ2n) is 3.22. The van der Waals surface area contributed by atoms with E-state index < -0.39 is 0 Å². The Bertz CT molecular complexity index is 440. The Morgan fingerprint density at radius 2 is 2.24 bits per heavy atom. The lowest BCUT2D eigenvalue weighted by Crippen LogP contribution is -2.03. The zero-order valence-corrected chi connectivity index (χ0v) is 10.5. The van der Waals surface area contributed by atoms with E-state index in [4.69, 9.17) is 10.00 Å². The van der Waals surface area contributed by atoms with Crippen molar-refractivity contribution in [3.63, 3.8) is 0 Å². The normalized spacial score (nSPS) is 9.47. The molecule has 0 saturated carbocycles. The molecule has 0 unspecified atom stereocenters. The second kappa shape index (κ2) is 6.81. The zero-order chi connectivity index (χ0) is 12.7. The minimum Gasteiger partial charge on any atom is -0.495 e. The molecule has 0 aromatic heterocycles. The first-order valence-corrected chi connectivity index (χ1v) is 6.08. The van der Waals surface area contributed by atoms with E-state index in [0.29, 0.717) is 22.8 Å². The van der Waals surface area contributed by atoms with Crippen LogP contribution in [-0.2, 0) is 15.3 Å². The molecule has 17 heavy (non-hydrogen) atoms. The van der Waals surface area contributed by atoms with E-state index in [2.05, 4.69) is 10.8 Å². The van der Waals surface area contributed by atoms with E-state index in [1.165, 1.54) is 26.0 Å². The predicted molar refractivity (Wildman–Crippen MR) is 65.9 cm³/mol. The summed E-state index contributed by atoms with van der Waals surface area (Å²) >= 11 is 1.45. The Hall–Kier alpha value is -1.67. The Kier molecular flexibility index (Phi) is 5.37. The minimum absolute atomic E-state index is 0.246. The van der Waals surface area contributed by atoms with Crippen molar-refractivity contribution >= 4 is 17.7 Å². The zero-order valence-electron chi connectivity index (χ0n) is 9.73. The number of esters is 1. The number of benzene rings is 1. The highest BCUT2D eigenvalue weighted by atomic mass is 32.2. The van der Waals surface area contributed by atoms with Crippen LogP contribution in [0, 0.1) is 11.3 Å². The van der Waals surface area contributed by atoms with Gasteiger partial charge in [-0.05, 0) is 17.7 Å². The number of ether oxygens (including phenoxy) is 2. The first kappa shape index (κ1) is 13.4. The molecular formula is C12H13NO3S. The Labute approximate surface area is 105 Å². The third kappa shape index (κ3) is 4.00. The van der Waals surface area contributed by atoms with Gasteiger partial charge in [0.25, 0.3) is 0 Å². The van der Waals surface area contributed by atoms with E-state index in [0.717, 1.165) is 5.56 Å². The Morgan fingerprint density at radius 3 is 2.82 bits per heavy atom. The molecule has 0 bridgehead atoms. The van der Waals surface area contributed by atoms with E-state index in [1.54, 1.807) is 12.1 Å². The molecule has 0 amide bonds. The maximum absolute atomic E-state index is 10.9. The molecule has 0 radical (unpaired) electrons. The van der Waals surface area contributed by atoms with E-state index in [1.807, 2.05) is 6.07 Å². The highest BCUT2D eigenvalue weighted by Gasteiger charge is 2.05. The average molecular weight is 251 g/mol. The quantitative estimate of drug-likeness (QED) is 0.749. The summed E-state index contributed by atoms with van der Waals surface area (Å²) in [6.45, 7) is 0. The summed E-state index contributed by atoms with van der Waals surface area (Å²) < 4.78 is 9.59. The highest BCUT2D eigenvalue weighted by molar-refractivity contribution is 7.99. The summed E-state index contributed by atoms with van der Waals surface area (Å²) in [5, 5.41) is 8.91. The summed E-state index contributed by atoms with van der Waals surface area (Å²) in [6.07, 6.45) is 0. The van der Waals surface area contributed by atoms with Gasteiger partial charge in [0, 0.05) is 5.75 Å². The predicted octanol–water partition coefficient (Wildman–Crippen LogP) is 1.97. The molecule has 0 fully saturated rings. The standard InChI is InChI=1S/C12H13NO3S/c1-15-11-4-3-9(5-10(11)6-13)7-17-8-12(14)16-2/h3-5H,7-8H2,1-2H3. The Balaban J connectivity index is 2.61. The number of nitriles is 1. The maximum atomic E-state index is 10.9. The molecule has 0 spiro atoms. The van der Waals surface area contributed by atoms with Gasteiger partial charge in [0.05, 0.1) is 25.5 Å². The molecule has 90 valence electrons. The van der Waals surface area contributed by atoms with Crippen molar-refractivity contribution in [2.75, 3.05) is 20.0 Å². The number of rotatable bonds is 5. The summed E-state index contributed by atoms with van der Waals surface area (Å²) in [5.74, 6) is 1.29. The number of hydrogen-bond acceptors (Lipinski definition) is 5. The summed E-state index contributed by atoms with van der Waals surface area (Å²) in [7, 11) is 2.89. The molecule has 5 heteroatoms. The molecule has 1 rings (SSSR count). The lowest BCUT2D eigenvalue weighted by molar-refractivity contribution is -0.137. The fourth-order valence-electron chi connectivity index (χ4n) is 1.24. The number of carbonyl (C=O) groups is 1. The van der Waals surface area contributed by atoms with Gasteiger partial charge in [0.1, 0.15) is 11.8 Å². The van der Waals surface area contributed by atoms with Crippen molar-refractivity contribution in [2.24, 2.45) is 0 Å². The largest absolute Gasteiger partial charge is 0.495 e. The number of nitrogens with zero attached hydrogens (tertiary/aromatic N) is 1. The van der Waals surface area contributed by atoms with Crippen molar-refractivity contribution in [2.45, 2.75) is 5.75 Å². The molecule has 0 aliphatic carbocycles. The molecule has 0 aliphatic heterocycles. The van der Waals surface area contributed by atoms with E-state index in [9.17, 15) is 4.79 Å². The van der Waals surface area contributed by atoms with E-state index >= 15 is 0 Å². The van der Waals surface area contributed by atoms with Crippen LogP contribution in [0.4, 0.5) is 0 Å². The molecule has 0 aliphatic rings. The average Bonchev–Trinajstić information content (AvgIpc) is 2.38. The molecule has 4 nitrogen and oxygen atoms in total. The lowest BCUT2D eigenvalue weighted by Gasteiger charge is -2.05. The van der Waals surface area contributed by atoms with Gasteiger partial charge in [0.2, 0.25) is 0 Å². The van der Waals surface area contributed by atoms with Crippen molar-refractivity contribution in [1.82, 2.24) is 0 Å². The maximum Gasteiger partial charge on any atom is 0.315 e. The van der Waals surface area contributed by atoms with Crippen LogP contribution >= 0.6 is 11.8 Å². The fraction of sp³-hybridized carbons (Fsp3) is 0.333. The van der Waals surface area contributed by atoms with Gasteiger partial charge in [-0.15, -0.1) is 11.8 Å². The first-order valence-electron chi connectivity index (χ1n) is 4.92. The van der Waals surface area contributed by atoms with Gasteiger partial charge in [-0.3, -0.25) is 4.79 Å². The van der Waals surface area contributed by atoms with Crippen LogP contribution in [0.25, 0.3) is 0 Å². The summed E-state index contributed by atoms with van der Waals surface area (Å²) in [4.78, 5) is 10.9. The van der Waals surface area contributed by atoms with Gasteiger partial charge in [0.15, 0.2) is 0 Å². The first-order chi connectivity index (χ1) is 8.21.